The van der Waals surface area contributed by atoms with Crippen LogP contribution in [0.3, 0.4) is 0 Å². The van der Waals surface area contributed by atoms with Gasteiger partial charge in [-0.1, -0.05) is 43.3 Å². The van der Waals surface area contributed by atoms with E-state index < -0.39 is 0 Å². The molecule has 3 heteroatoms. The van der Waals surface area contributed by atoms with Gasteiger partial charge in [-0.25, -0.2) is 0 Å². The smallest absolute Gasteiger partial charge is 0.167 e. The van der Waals surface area contributed by atoms with E-state index in [0.717, 1.165) is 54.6 Å². The van der Waals surface area contributed by atoms with Crippen molar-refractivity contribution in [3.8, 4) is 0 Å². The maximum atomic E-state index is 13.0. The van der Waals surface area contributed by atoms with Crippen molar-refractivity contribution in [3.05, 3.63) is 47.5 Å². The highest BCUT2D eigenvalue weighted by molar-refractivity contribution is 6.10. The highest BCUT2D eigenvalue weighted by Gasteiger charge is 2.22. The average molecular weight is 296 g/mol. The van der Waals surface area contributed by atoms with Crippen LogP contribution in [-0.4, -0.2) is 43.4 Å². The third-order valence-corrected chi connectivity index (χ3v) is 4.57. The summed E-state index contributed by atoms with van der Waals surface area (Å²) in [6.07, 6.45) is 0. The number of nitrogens with zero attached hydrogens (tertiary/aromatic N) is 1. The van der Waals surface area contributed by atoms with Crippen LogP contribution in [0.25, 0.3) is 10.8 Å². The molecule has 0 bridgehead atoms. The van der Waals surface area contributed by atoms with Gasteiger partial charge in [0.05, 0.1) is 0 Å². The van der Waals surface area contributed by atoms with Gasteiger partial charge in [-0.3, -0.25) is 4.79 Å². The summed E-state index contributed by atoms with van der Waals surface area (Å²) in [5, 5.41) is 5.58. The molecule has 2 aromatic rings. The number of hydrogen-bond donors (Lipinski definition) is 1. The number of Topliss-reactive ketones (excluding diaryl/α,β-unsaturated/α-hetero) is 1. The van der Waals surface area contributed by atoms with Gasteiger partial charge in [-0.15, -0.1) is 0 Å². The third kappa shape index (κ3) is 3.06. The Kier molecular flexibility index (Phi) is 4.55. The van der Waals surface area contributed by atoms with Crippen LogP contribution in [-0.2, 0) is 0 Å². The number of hydrogen-bond acceptors (Lipinski definition) is 3. The fourth-order valence-corrected chi connectivity index (χ4v) is 3.32. The molecule has 1 fully saturated rings. The minimum Gasteiger partial charge on any atom is -0.314 e. The summed E-state index contributed by atoms with van der Waals surface area (Å²) in [5.74, 6) is 0.301. The van der Waals surface area contributed by atoms with Gasteiger partial charge in [-0.05, 0) is 23.3 Å². The van der Waals surface area contributed by atoms with Crippen molar-refractivity contribution in [2.75, 3.05) is 32.7 Å². The van der Waals surface area contributed by atoms with Gasteiger partial charge >= 0.3 is 0 Å². The molecule has 0 radical (unpaired) electrons. The van der Waals surface area contributed by atoms with Crippen LogP contribution in [0, 0.1) is 12.8 Å². The predicted molar refractivity (Wildman–Crippen MR) is 91.5 cm³/mol. The number of aryl methyl sites for hydroxylation is 1. The van der Waals surface area contributed by atoms with Crippen molar-refractivity contribution < 1.29 is 4.79 Å². The first-order chi connectivity index (χ1) is 10.7. The van der Waals surface area contributed by atoms with Crippen molar-refractivity contribution >= 4 is 16.6 Å². The van der Waals surface area contributed by atoms with Gasteiger partial charge < -0.3 is 10.2 Å². The molecule has 0 saturated carbocycles. The lowest BCUT2D eigenvalue weighted by Gasteiger charge is -2.29. The van der Waals surface area contributed by atoms with E-state index in [2.05, 4.69) is 41.4 Å². The molecule has 0 aromatic heterocycles. The van der Waals surface area contributed by atoms with Crippen molar-refractivity contribution in [2.45, 2.75) is 13.8 Å². The van der Waals surface area contributed by atoms with Crippen LogP contribution in [0.5, 0.6) is 0 Å². The van der Waals surface area contributed by atoms with Crippen molar-refractivity contribution in [1.82, 2.24) is 10.2 Å². The summed E-state index contributed by atoms with van der Waals surface area (Å²) >= 11 is 0. The molecule has 3 rings (SSSR count). The Morgan fingerprint density at radius 2 is 1.91 bits per heavy atom. The van der Waals surface area contributed by atoms with E-state index in [0.29, 0.717) is 0 Å². The molecular formula is C19H24N2O. The number of carbonyl (C=O) groups is 1. The molecule has 1 saturated heterocycles. The first-order valence-electron chi connectivity index (χ1n) is 8.12. The van der Waals surface area contributed by atoms with E-state index in [1.807, 2.05) is 19.1 Å². The Balaban J connectivity index is 1.86. The second-order valence-corrected chi connectivity index (χ2v) is 6.29. The van der Waals surface area contributed by atoms with Crippen LogP contribution in [0.4, 0.5) is 0 Å². The average Bonchev–Trinajstić information content (AvgIpc) is 2.55. The van der Waals surface area contributed by atoms with Crippen LogP contribution >= 0.6 is 0 Å². The Labute approximate surface area is 132 Å². The van der Waals surface area contributed by atoms with E-state index in [1.54, 1.807) is 0 Å². The molecule has 1 aliphatic rings. The monoisotopic (exact) mass is 296 g/mol. The Bertz CT molecular complexity index is 674. The van der Waals surface area contributed by atoms with Crippen molar-refractivity contribution in [2.24, 2.45) is 5.92 Å². The summed E-state index contributed by atoms with van der Waals surface area (Å²) in [4.78, 5) is 15.4. The number of piperazine rings is 1. The molecule has 22 heavy (non-hydrogen) atoms. The molecule has 0 amide bonds. The largest absolute Gasteiger partial charge is 0.314 e. The second kappa shape index (κ2) is 6.59. The molecule has 2 aromatic carbocycles. The molecule has 116 valence electrons. The van der Waals surface area contributed by atoms with Crippen LogP contribution < -0.4 is 5.32 Å². The van der Waals surface area contributed by atoms with Gasteiger partial charge in [0.15, 0.2) is 5.78 Å². The lowest BCUT2D eigenvalue weighted by Crippen LogP contribution is -2.45. The number of carbonyl (C=O) groups excluding carboxylic acids is 1. The van der Waals surface area contributed by atoms with Gasteiger partial charge in [0.2, 0.25) is 0 Å². The molecule has 3 nitrogen and oxygen atoms in total. The number of fused-ring (bicyclic) bond motifs is 1. The lowest BCUT2D eigenvalue weighted by atomic mass is 9.90. The van der Waals surface area contributed by atoms with Gasteiger partial charge in [-0.2, -0.15) is 0 Å². The quantitative estimate of drug-likeness (QED) is 0.881. The summed E-state index contributed by atoms with van der Waals surface area (Å²) in [6, 6.07) is 12.3. The number of rotatable bonds is 4. The number of nitrogens with one attached hydrogen (secondary N) is 1. The summed E-state index contributed by atoms with van der Waals surface area (Å²) in [7, 11) is 0. The van der Waals surface area contributed by atoms with Gasteiger partial charge in [0.25, 0.3) is 0 Å². The van der Waals surface area contributed by atoms with E-state index in [-0.39, 0.29) is 11.7 Å². The van der Waals surface area contributed by atoms with E-state index in [1.165, 1.54) is 0 Å². The standard InChI is InChI=1S/C19H24N2O/c1-14-7-8-16-5-3-4-6-17(16)18(14)19(22)15(2)13-21-11-9-20-10-12-21/h3-8,15,20H,9-13H2,1-2H3. The van der Waals surface area contributed by atoms with Crippen LogP contribution in [0.1, 0.15) is 22.8 Å². The lowest BCUT2D eigenvalue weighted by molar-refractivity contribution is 0.0888. The topological polar surface area (TPSA) is 32.3 Å². The molecule has 1 atom stereocenters. The molecular weight excluding hydrogens is 272 g/mol. The van der Waals surface area contributed by atoms with E-state index >= 15 is 0 Å². The molecule has 0 spiro atoms. The first kappa shape index (κ1) is 15.2. The number of ketones is 1. The first-order valence-corrected chi connectivity index (χ1v) is 8.12. The molecule has 1 N–H and O–H groups in total. The van der Waals surface area contributed by atoms with Crippen molar-refractivity contribution in [1.29, 1.82) is 0 Å². The van der Waals surface area contributed by atoms with Crippen LogP contribution in [0.15, 0.2) is 36.4 Å². The Morgan fingerprint density at radius 1 is 1.18 bits per heavy atom. The maximum absolute atomic E-state index is 13.0. The normalized spacial score (nSPS) is 17.5. The molecule has 0 aliphatic carbocycles. The molecule has 1 aliphatic heterocycles. The summed E-state index contributed by atoms with van der Waals surface area (Å²) < 4.78 is 0. The Morgan fingerprint density at radius 3 is 2.68 bits per heavy atom. The maximum Gasteiger partial charge on any atom is 0.167 e. The third-order valence-electron chi connectivity index (χ3n) is 4.57. The molecule has 1 unspecified atom stereocenters. The minimum absolute atomic E-state index is 0.0302. The highest BCUT2D eigenvalue weighted by atomic mass is 16.1. The fourth-order valence-electron chi connectivity index (χ4n) is 3.32. The zero-order valence-electron chi connectivity index (χ0n) is 13.4. The van der Waals surface area contributed by atoms with E-state index in [4.69, 9.17) is 0 Å². The van der Waals surface area contributed by atoms with Crippen molar-refractivity contribution in [3.63, 3.8) is 0 Å². The van der Waals surface area contributed by atoms with E-state index in [9.17, 15) is 4.79 Å². The minimum atomic E-state index is 0.0302. The fraction of sp³-hybridized carbons (Fsp3) is 0.421. The molecule has 1 heterocycles. The summed E-state index contributed by atoms with van der Waals surface area (Å²) in [6.45, 7) is 9.06. The summed E-state index contributed by atoms with van der Waals surface area (Å²) in [5.41, 5.74) is 1.98. The Hall–Kier alpha value is -1.71. The van der Waals surface area contributed by atoms with Gasteiger partial charge in [0.1, 0.15) is 0 Å². The SMILES string of the molecule is Cc1ccc2ccccc2c1C(=O)C(C)CN1CCNCC1. The second-order valence-electron chi connectivity index (χ2n) is 6.29. The zero-order valence-corrected chi connectivity index (χ0v) is 13.4. The zero-order chi connectivity index (χ0) is 15.5. The van der Waals surface area contributed by atoms with Gasteiger partial charge in [0, 0.05) is 44.2 Å². The highest BCUT2D eigenvalue weighted by Crippen LogP contribution is 2.25. The van der Waals surface area contributed by atoms with Crippen LogP contribution in [0.2, 0.25) is 0 Å². The number of benzene rings is 2. The predicted octanol–water partition coefficient (Wildman–Crippen LogP) is 2.87.